The summed E-state index contributed by atoms with van der Waals surface area (Å²) in [4.78, 5) is 23.2. The number of anilines is 2. The summed E-state index contributed by atoms with van der Waals surface area (Å²) < 4.78 is 26.6. The Morgan fingerprint density at radius 3 is 2.33 bits per heavy atom. The van der Waals surface area contributed by atoms with Crippen LogP contribution in [-0.2, 0) is 9.59 Å². The second-order valence-electron chi connectivity index (χ2n) is 5.03. The van der Waals surface area contributed by atoms with Gasteiger partial charge in [-0.2, -0.15) is 0 Å². The van der Waals surface area contributed by atoms with Crippen molar-refractivity contribution in [3.63, 3.8) is 0 Å². The first-order valence-corrected chi connectivity index (χ1v) is 6.75. The first kappa shape index (κ1) is 15.4. The maximum atomic E-state index is 13.3. The van der Waals surface area contributed by atoms with Gasteiger partial charge in [-0.3, -0.25) is 9.59 Å². The molecule has 0 bridgehead atoms. The van der Waals surface area contributed by atoms with Crippen LogP contribution in [-0.4, -0.2) is 24.9 Å². The van der Waals surface area contributed by atoms with Crippen molar-refractivity contribution in [3.05, 3.63) is 23.8 Å². The molecule has 0 saturated carbocycles. The molecule has 0 aliphatic carbocycles. The summed E-state index contributed by atoms with van der Waals surface area (Å²) in [6, 6.07) is 1.72. The zero-order valence-electron chi connectivity index (χ0n) is 11.6. The van der Waals surface area contributed by atoms with Crippen LogP contribution in [0.15, 0.2) is 12.1 Å². The van der Waals surface area contributed by atoms with Crippen LogP contribution in [0.1, 0.15) is 19.8 Å². The molecule has 1 heterocycles. The molecule has 0 aromatic heterocycles. The second kappa shape index (κ2) is 6.62. The monoisotopic (exact) mass is 297 g/mol. The Kier molecular flexibility index (Phi) is 4.85. The highest BCUT2D eigenvalue weighted by atomic mass is 19.2. The molecule has 1 atom stereocenters. The largest absolute Gasteiger partial charge is 0.324 e. The van der Waals surface area contributed by atoms with E-state index in [0.717, 1.165) is 31.5 Å². The van der Waals surface area contributed by atoms with Gasteiger partial charge in [0.1, 0.15) is 0 Å². The van der Waals surface area contributed by atoms with Gasteiger partial charge in [-0.15, -0.1) is 0 Å². The number of hydrogen-bond acceptors (Lipinski definition) is 3. The maximum Gasteiger partial charge on any atom is 0.228 e. The Balaban J connectivity index is 2.18. The van der Waals surface area contributed by atoms with Crippen molar-refractivity contribution >= 4 is 23.2 Å². The molecule has 1 aromatic carbocycles. The Bertz CT molecular complexity index is 557. The molecule has 7 heteroatoms. The third kappa shape index (κ3) is 3.98. The van der Waals surface area contributed by atoms with E-state index in [-0.39, 0.29) is 23.2 Å². The third-order valence-electron chi connectivity index (χ3n) is 3.30. The minimum absolute atomic E-state index is 0.0403. The highest BCUT2D eigenvalue weighted by molar-refractivity contribution is 5.99. The van der Waals surface area contributed by atoms with Crippen molar-refractivity contribution in [2.45, 2.75) is 19.8 Å². The molecule has 1 aliphatic rings. The third-order valence-corrected chi connectivity index (χ3v) is 3.30. The SMILES string of the molecule is CC(=O)Nc1cc(F)c(F)cc1NC(=O)C1CCCNC1. The highest BCUT2D eigenvalue weighted by Gasteiger charge is 2.22. The van der Waals surface area contributed by atoms with Crippen molar-refractivity contribution in [1.82, 2.24) is 5.32 Å². The number of nitrogens with one attached hydrogen (secondary N) is 3. The minimum Gasteiger partial charge on any atom is -0.324 e. The average molecular weight is 297 g/mol. The van der Waals surface area contributed by atoms with Gasteiger partial charge in [0, 0.05) is 25.6 Å². The molecule has 0 radical (unpaired) electrons. The van der Waals surface area contributed by atoms with Crippen LogP contribution in [0.5, 0.6) is 0 Å². The van der Waals surface area contributed by atoms with E-state index in [9.17, 15) is 18.4 Å². The number of amides is 2. The first-order chi connectivity index (χ1) is 9.97. The van der Waals surface area contributed by atoms with E-state index in [2.05, 4.69) is 16.0 Å². The fourth-order valence-corrected chi connectivity index (χ4v) is 2.25. The Morgan fingerprint density at radius 1 is 1.19 bits per heavy atom. The number of benzene rings is 1. The number of carbonyl (C=O) groups excluding carboxylic acids is 2. The lowest BCUT2D eigenvalue weighted by atomic mass is 9.98. The van der Waals surface area contributed by atoms with E-state index in [1.807, 2.05) is 0 Å². The molecule has 114 valence electrons. The molecular formula is C14H17F2N3O2. The van der Waals surface area contributed by atoms with Crippen molar-refractivity contribution < 1.29 is 18.4 Å². The summed E-state index contributed by atoms with van der Waals surface area (Å²) >= 11 is 0. The quantitative estimate of drug-likeness (QED) is 0.797. The molecule has 2 rings (SSSR count). The van der Waals surface area contributed by atoms with Gasteiger partial charge < -0.3 is 16.0 Å². The summed E-state index contributed by atoms with van der Waals surface area (Å²) in [6.45, 7) is 2.66. The standard InChI is InChI=1S/C14H17F2N3O2/c1-8(20)18-12-5-10(15)11(16)6-13(12)19-14(21)9-3-2-4-17-7-9/h5-6,9,17H,2-4,7H2,1H3,(H,18,20)(H,19,21). The smallest absolute Gasteiger partial charge is 0.228 e. The van der Waals surface area contributed by atoms with Gasteiger partial charge in [0.2, 0.25) is 11.8 Å². The zero-order chi connectivity index (χ0) is 15.4. The number of rotatable bonds is 3. The number of carbonyl (C=O) groups is 2. The average Bonchev–Trinajstić information content (AvgIpc) is 2.44. The molecule has 2 amide bonds. The summed E-state index contributed by atoms with van der Waals surface area (Å²) in [5, 5.41) is 8.03. The Hall–Kier alpha value is -2.02. The topological polar surface area (TPSA) is 70.2 Å². The molecule has 1 aliphatic heterocycles. The lowest BCUT2D eigenvalue weighted by molar-refractivity contribution is -0.120. The van der Waals surface area contributed by atoms with E-state index < -0.39 is 17.5 Å². The van der Waals surface area contributed by atoms with E-state index >= 15 is 0 Å². The molecule has 1 saturated heterocycles. The van der Waals surface area contributed by atoms with Crippen LogP contribution < -0.4 is 16.0 Å². The lowest BCUT2D eigenvalue weighted by Gasteiger charge is -2.22. The number of halogens is 2. The van der Waals surface area contributed by atoms with Crippen LogP contribution in [0.2, 0.25) is 0 Å². The van der Waals surface area contributed by atoms with Crippen molar-refractivity contribution in [3.8, 4) is 0 Å². The van der Waals surface area contributed by atoms with Crippen molar-refractivity contribution in [2.75, 3.05) is 23.7 Å². The van der Waals surface area contributed by atoms with Crippen LogP contribution in [0.25, 0.3) is 0 Å². The molecule has 21 heavy (non-hydrogen) atoms. The van der Waals surface area contributed by atoms with Crippen LogP contribution >= 0.6 is 0 Å². The van der Waals surface area contributed by atoms with E-state index in [1.54, 1.807) is 0 Å². The van der Waals surface area contributed by atoms with Gasteiger partial charge in [-0.05, 0) is 19.4 Å². The molecule has 3 N–H and O–H groups in total. The first-order valence-electron chi connectivity index (χ1n) is 6.75. The predicted molar refractivity (Wildman–Crippen MR) is 74.9 cm³/mol. The predicted octanol–water partition coefficient (Wildman–Crippen LogP) is 1.86. The summed E-state index contributed by atoms with van der Waals surface area (Å²) in [7, 11) is 0. The summed E-state index contributed by atoms with van der Waals surface area (Å²) in [5.41, 5.74) is 0.0955. The minimum atomic E-state index is -1.09. The van der Waals surface area contributed by atoms with E-state index in [4.69, 9.17) is 0 Å². The number of piperidine rings is 1. The van der Waals surface area contributed by atoms with Crippen LogP contribution in [0.4, 0.5) is 20.2 Å². The fraction of sp³-hybridized carbons (Fsp3) is 0.429. The van der Waals surface area contributed by atoms with Gasteiger partial charge in [0.05, 0.1) is 17.3 Å². The molecule has 5 nitrogen and oxygen atoms in total. The van der Waals surface area contributed by atoms with Gasteiger partial charge in [-0.25, -0.2) is 8.78 Å². The zero-order valence-corrected chi connectivity index (χ0v) is 11.6. The van der Waals surface area contributed by atoms with Crippen molar-refractivity contribution in [2.24, 2.45) is 5.92 Å². The molecule has 1 fully saturated rings. The van der Waals surface area contributed by atoms with Crippen LogP contribution in [0.3, 0.4) is 0 Å². The fourth-order valence-electron chi connectivity index (χ4n) is 2.25. The Morgan fingerprint density at radius 2 is 1.81 bits per heavy atom. The maximum absolute atomic E-state index is 13.3. The molecule has 0 spiro atoms. The van der Waals surface area contributed by atoms with Crippen LogP contribution in [0, 0.1) is 17.6 Å². The van der Waals surface area contributed by atoms with E-state index in [0.29, 0.717) is 6.54 Å². The van der Waals surface area contributed by atoms with Crippen molar-refractivity contribution in [1.29, 1.82) is 0 Å². The van der Waals surface area contributed by atoms with Gasteiger partial charge in [0.15, 0.2) is 11.6 Å². The normalized spacial score (nSPS) is 18.1. The highest BCUT2D eigenvalue weighted by Crippen LogP contribution is 2.26. The second-order valence-corrected chi connectivity index (χ2v) is 5.03. The summed E-state index contributed by atoms with van der Waals surface area (Å²) in [6.07, 6.45) is 1.62. The van der Waals surface area contributed by atoms with E-state index in [1.165, 1.54) is 6.92 Å². The Labute approximate surface area is 121 Å². The molecule has 1 unspecified atom stereocenters. The molecular weight excluding hydrogens is 280 g/mol. The lowest BCUT2D eigenvalue weighted by Crippen LogP contribution is -2.37. The van der Waals surface area contributed by atoms with Gasteiger partial charge in [-0.1, -0.05) is 0 Å². The molecule has 1 aromatic rings. The summed E-state index contributed by atoms with van der Waals surface area (Å²) in [5.74, 6) is -3.11. The van der Waals surface area contributed by atoms with Gasteiger partial charge in [0.25, 0.3) is 0 Å². The number of hydrogen-bond donors (Lipinski definition) is 3. The van der Waals surface area contributed by atoms with Gasteiger partial charge >= 0.3 is 0 Å².